The number of likely N-dealkylation sites (tertiary alicyclic amines) is 1. The summed E-state index contributed by atoms with van der Waals surface area (Å²) in [6.07, 6.45) is 4.15. The van der Waals surface area contributed by atoms with Crippen LogP contribution in [-0.2, 0) is 4.74 Å². The Bertz CT molecular complexity index is 235. The maximum Gasteiger partial charge on any atom is 0.0702 e. The van der Waals surface area contributed by atoms with E-state index < -0.39 is 0 Å². The maximum atomic E-state index is 5.80. The SMILES string of the molecule is CCCNC(CN1CCCC(OCC)C1)C(C)(C)C. The Morgan fingerprint density at radius 2 is 2.05 bits per heavy atom. The van der Waals surface area contributed by atoms with Crippen molar-refractivity contribution in [2.24, 2.45) is 5.41 Å². The van der Waals surface area contributed by atoms with Crippen molar-refractivity contribution in [3.8, 4) is 0 Å². The molecule has 1 saturated heterocycles. The smallest absolute Gasteiger partial charge is 0.0702 e. The average Bonchev–Trinajstić information content (AvgIpc) is 2.34. The number of piperidine rings is 1. The van der Waals surface area contributed by atoms with E-state index in [-0.39, 0.29) is 0 Å². The lowest BCUT2D eigenvalue weighted by Gasteiger charge is -2.39. The molecule has 1 rings (SSSR count). The van der Waals surface area contributed by atoms with Crippen molar-refractivity contribution >= 4 is 0 Å². The van der Waals surface area contributed by atoms with Gasteiger partial charge in [-0.25, -0.2) is 0 Å². The zero-order chi connectivity index (χ0) is 14.3. The second kappa shape index (κ2) is 8.23. The quantitative estimate of drug-likeness (QED) is 0.770. The molecule has 114 valence electrons. The first kappa shape index (κ1) is 16.9. The highest BCUT2D eigenvalue weighted by Gasteiger charge is 2.28. The summed E-state index contributed by atoms with van der Waals surface area (Å²) in [6, 6.07) is 0.563. The standard InChI is InChI=1S/C16H34N2O/c1-6-10-17-15(16(3,4)5)13-18-11-8-9-14(12-18)19-7-2/h14-15,17H,6-13H2,1-5H3. The number of nitrogens with zero attached hydrogens (tertiary/aromatic N) is 1. The number of nitrogens with one attached hydrogen (secondary N) is 1. The maximum absolute atomic E-state index is 5.80. The van der Waals surface area contributed by atoms with Gasteiger partial charge in [-0.1, -0.05) is 27.7 Å². The lowest BCUT2D eigenvalue weighted by molar-refractivity contribution is -0.000366. The van der Waals surface area contributed by atoms with Gasteiger partial charge in [0, 0.05) is 25.7 Å². The van der Waals surface area contributed by atoms with Crippen molar-refractivity contribution in [1.29, 1.82) is 0 Å². The number of ether oxygens (including phenoxy) is 1. The molecule has 1 fully saturated rings. The van der Waals surface area contributed by atoms with E-state index in [4.69, 9.17) is 4.74 Å². The van der Waals surface area contributed by atoms with Crippen LogP contribution in [0.4, 0.5) is 0 Å². The summed E-state index contributed by atoms with van der Waals surface area (Å²) < 4.78 is 5.80. The van der Waals surface area contributed by atoms with Crippen molar-refractivity contribution in [3.05, 3.63) is 0 Å². The molecule has 1 aliphatic rings. The molecule has 19 heavy (non-hydrogen) atoms. The third kappa shape index (κ3) is 6.24. The molecular formula is C16H34N2O. The predicted octanol–water partition coefficient (Wildman–Crippen LogP) is 2.90. The highest BCUT2D eigenvalue weighted by atomic mass is 16.5. The van der Waals surface area contributed by atoms with Crippen LogP contribution >= 0.6 is 0 Å². The fraction of sp³-hybridized carbons (Fsp3) is 1.00. The summed E-state index contributed by atoms with van der Waals surface area (Å²) in [4.78, 5) is 2.59. The van der Waals surface area contributed by atoms with Gasteiger partial charge in [-0.05, 0) is 44.7 Å². The molecule has 0 aliphatic carbocycles. The van der Waals surface area contributed by atoms with Gasteiger partial charge in [-0.2, -0.15) is 0 Å². The molecule has 0 aromatic carbocycles. The average molecular weight is 270 g/mol. The van der Waals surface area contributed by atoms with Crippen LogP contribution in [-0.4, -0.2) is 49.8 Å². The van der Waals surface area contributed by atoms with Crippen LogP contribution in [0.2, 0.25) is 0 Å². The fourth-order valence-electron chi connectivity index (χ4n) is 2.77. The third-order valence-electron chi connectivity index (χ3n) is 3.99. The molecule has 0 aromatic heterocycles. The van der Waals surface area contributed by atoms with E-state index >= 15 is 0 Å². The van der Waals surface area contributed by atoms with Gasteiger partial charge in [0.2, 0.25) is 0 Å². The van der Waals surface area contributed by atoms with Gasteiger partial charge in [0.1, 0.15) is 0 Å². The van der Waals surface area contributed by atoms with Crippen LogP contribution < -0.4 is 5.32 Å². The Morgan fingerprint density at radius 1 is 1.32 bits per heavy atom. The number of rotatable bonds is 7. The molecule has 0 radical (unpaired) electrons. The van der Waals surface area contributed by atoms with E-state index in [0.717, 1.165) is 26.2 Å². The second-order valence-electron chi connectivity index (χ2n) is 6.85. The zero-order valence-corrected chi connectivity index (χ0v) is 13.7. The minimum atomic E-state index is 0.313. The molecule has 1 aliphatic heterocycles. The van der Waals surface area contributed by atoms with Crippen molar-refractivity contribution in [3.63, 3.8) is 0 Å². The lowest BCUT2D eigenvalue weighted by atomic mass is 9.86. The van der Waals surface area contributed by atoms with Crippen molar-refractivity contribution in [1.82, 2.24) is 10.2 Å². The minimum Gasteiger partial charge on any atom is -0.377 e. The largest absolute Gasteiger partial charge is 0.377 e. The van der Waals surface area contributed by atoms with E-state index in [1.165, 1.54) is 25.8 Å². The molecule has 3 heteroatoms. The Labute approximate surface area is 120 Å². The Kier molecular flexibility index (Phi) is 7.33. The third-order valence-corrected chi connectivity index (χ3v) is 3.99. The van der Waals surface area contributed by atoms with Gasteiger partial charge in [0.25, 0.3) is 0 Å². The molecule has 2 atom stereocenters. The predicted molar refractivity (Wildman–Crippen MR) is 82.6 cm³/mol. The summed E-state index contributed by atoms with van der Waals surface area (Å²) in [5.41, 5.74) is 0.313. The molecule has 0 amide bonds. The summed E-state index contributed by atoms with van der Waals surface area (Å²) in [5.74, 6) is 0. The highest BCUT2D eigenvalue weighted by Crippen LogP contribution is 2.22. The van der Waals surface area contributed by atoms with Crippen LogP contribution in [0.1, 0.15) is 53.9 Å². The Morgan fingerprint density at radius 3 is 2.63 bits per heavy atom. The molecule has 3 nitrogen and oxygen atoms in total. The van der Waals surface area contributed by atoms with E-state index in [1.54, 1.807) is 0 Å². The normalized spacial score (nSPS) is 23.5. The minimum absolute atomic E-state index is 0.313. The monoisotopic (exact) mass is 270 g/mol. The van der Waals surface area contributed by atoms with Gasteiger partial charge in [-0.3, -0.25) is 4.90 Å². The molecular weight excluding hydrogens is 236 g/mol. The first-order valence-corrected chi connectivity index (χ1v) is 8.04. The second-order valence-corrected chi connectivity index (χ2v) is 6.85. The van der Waals surface area contributed by atoms with Crippen LogP contribution in [0.3, 0.4) is 0 Å². The van der Waals surface area contributed by atoms with E-state index in [9.17, 15) is 0 Å². The molecule has 0 saturated carbocycles. The molecule has 0 aromatic rings. The molecule has 1 N–H and O–H groups in total. The van der Waals surface area contributed by atoms with Gasteiger partial charge in [0.15, 0.2) is 0 Å². The van der Waals surface area contributed by atoms with Gasteiger partial charge in [0.05, 0.1) is 6.10 Å². The van der Waals surface area contributed by atoms with Crippen molar-refractivity contribution in [2.75, 3.05) is 32.8 Å². The molecule has 2 unspecified atom stereocenters. The van der Waals surface area contributed by atoms with Crippen LogP contribution in [0.5, 0.6) is 0 Å². The van der Waals surface area contributed by atoms with Crippen molar-refractivity contribution in [2.45, 2.75) is 66.0 Å². The number of hydrogen-bond acceptors (Lipinski definition) is 3. The summed E-state index contributed by atoms with van der Waals surface area (Å²) in [5, 5.41) is 3.72. The molecule has 0 spiro atoms. The first-order chi connectivity index (χ1) is 8.97. The summed E-state index contributed by atoms with van der Waals surface area (Å²) >= 11 is 0. The van der Waals surface area contributed by atoms with E-state index in [0.29, 0.717) is 17.6 Å². The van der Waals surface area contributed by atoms with Crippen LogP contribution in [0.15, 0.2) is 0 Å². The zero-order valence-electron chi connectivity index (χ0n) is 13.7. The highest BCUT2D eigenvalue weighted by molar-refractivity contribution is 4.85. The Balaban J connectivity index is 2.48. The van der Waals surface area contributed by atoms with Gasteiger partial charge >= 0.3 is 0 Å². The van der Waals surface area contributed by atoms with Gasteiger partial charge in [-0.15, -0.1) is 0 Å². The fourth-order valence-corrected chi connectivity index (χ4v) is 2.77. The topological polar surface area (TPSA) is 24.5 Å². The van der Waals surface area contributed by atoms with Crippen molar-refractivity contribution < 1.29 is 4.74 Å². The summed E-state index contributed by atoms with van der Waals surface area (Å²) in [7, 11) is 0. The Hall–Kier alpha value is -0.120. The van der Waals surface area contributed by atoms with Crippen LogP contribution in [0, 0.1) is 5.41 Å². The lowest BCUT2D eigenvalue weighted by Crippen LogP contribution is -2.51. The van der Waals surface area contributed by atoms with Gasteiger partial charge < -0.3 is 10.1 Å². The van der Waals surface area contributed by atoms with E-state index in [2.05, 4.69) is 44.8 Å². The van der Waals surface area contributed by atoms with E-state index in [1.807, 2.05) is 0 Å². The summed E-state index contributed by atoms with van der Waals surface area (Å²) in [6.45, 7) is 16.8. The number of hydrogen-bond donors (Lipinski definition) is 1. The molecule has 0 bridgehead atoms. The first-order valence-electron chi connectivity index (χ1n) is 8.04. The molecule has 1 heterocycles. The van der Waals surface area contributed by atoms with Crippen LogP contribution in [0.25, 0.3) is 0 Å².